The molecule has 1 fully saturated rings. The Hall–Kier alpha value is -1.23. The van der Waals surface area contributed by atoms with Crippen LogP contribution in [-0.4, -0.2) is 57.4 Å². The molecule has 0 aromatic carbocycles. The number of hydroxylamine groups is 1. The summed E-state index contributed by atoms with van der Waals surface area (Å²) in [7, 11) is 0. The van der Waals surface area contributed by atoms with E-state index in [1.165, 1.54) is 0 Å². The number of nitrogens with zero attached hydrogens (tertiary/aromatic N) is 1. The number of carbonyl (C=O) groups excluding carboxylic acids is 1. The molecule has 2 heterocycles. The van der Waals surface area contributed by atoms with E-state index >= 15 is 0 Å². The minimum atomic E-state index is -1.35. The quantitative estimate of drug-likeness (QED) is 0.318. The molecule has 1 unspecified atom stereocenters. The summed E-state index contributed by atoms with van der Waals surface area (Å²) < 4.78 is 5.13. The third kappa shape index (κ3) is 2.11. The van der Waals surface area contributed by atoms with Crippen molar-refractivity contribution >= 4 is 6.03 Å². The molecule has 1 saturated heterocycles. The van der Waals surface area contributed by atoms with Gasteiger partial charge in [0.05, 0.1) is 12.8 Å². The number of aliphatic hydroxyl groups excluding tert-OH is 3. The van der Waals surface area contributed by atoms with Gasteiger partial charge in [-0.15, -0.1) is 0 Å². The highest BCUT2D eigenvalue weighted by atomic mass is 16.6. The highest BCUT2D eigenvalue weighted by molar-refractivity contribution is 5.74. The number of ether oxygens (including phenoxy) is 1. The molecule has 2 aliphatic heterocycles. The van der Waals surface area contributed by atoms with E-state index < -0.39 is 42.4 Å². The number of rotatable bonds is 2. The SMILES string of the molecule is O=C1N[NH+]([O-])C=CN1[C@H]1O[C@@H](CO)[C@@H](O)[C@H]1O. The third-order valence-electron chi connectivity index (χ3n) is 2.64. The summed E-state index contributed by atoms with van der Waals surface area (Å²) in [5.74, 6) is 0. The second kappa shape index (κ2) is 4.56. The molecular weight excluding hydrogens is 234 g/mol. The fourth-order valence-corrected chi connectivity index (χ4v) is 1.74. The highest BCUT2D eigenvalue weighted by Gasteiger charge is 2.47. The van der Waals surface area contributed by atoms with Crippen LogP contribution in [0.1, 0.15) is 0 Å². The van der Waals surface area contributed by atoms with Crippen LogP contribution >= 0.6 is 0 Å². The molecule has 2 aliphatic rings. The standard InChI is InChI=1S/C8H13N3O6/c12-3-4-5(13)6(14)7(17-4)10-1-2-11(16)9-8(10)15/h1-2,4-7,11-14H,3H2,(H,9,15)/t4-,5+,6+,7-/m0/s1. The van der Waals surface area contributed by atoms with Gasteiger partial charge in [-0.25, -0.2) is 9.97 Å². The van der Waals surface area contributed by atoms with Crippen molar-refractivity contribution in [2.45, 2.75) is 24.5 Å². The van der Waals surface area contributed by atoms with Crippen molar-refractivity contribution in [2.75, 3.05) is 6.61 Å². The number of hydrogen-bond donors (Lipinski definition) is 5. The van der Waals surface area contributed by atoms with E-state index in [4.69, 9.17) is 9.84 Å². The van der Waals surface area contributed by atoms with Crippen LogP contribution in [0.25, 0.3) is 0 Å². The lowest BCUT2D eigenvalue weighted by molar-refractivity contribution is -0.834. The Bertz CT molecular complexity index is 337. The van der Waals surface area contributed by atoms with Crippen LogP contribution in [0.2, 0.25) is 0 Å². The first-order valence-electron chi connectivity index (χ1n) is 4.98. The Morgan fingerprint density at radius 2 is 2.24 bits per heavy atom. The van der Waals surface area contributed by atoms with Gasteiger partial charge in [-0.3, -0.25) is 4.90 Å². The van der Waals surface area contributed by atoms with Crippen molar-refractivity contribution < 1.29 is 30.0 Å². The topological polar surface area (TPSA) is 130 Å². The molecule has 9 heteroatoms. The Morgan fingerprint density at radius 3 is 2.76 bits per heavy atom. The predicted octanol–water partition coefficient (Wildman–Crippen LogP) is -3.78. The van der Waals surface area contributed by atoms with Gasteiger partial charge in [-0.05, 0) is 0 Å². The molecule has 5 atom stereocenters. The lowest BCUT2D eigenvalue weighted by Crippen LogP contribution is -3.12. The zero-order chi connectivity index (χ0) is 12.6. The van der Waals surface area contributed by atoms with Crippen molar-refractivity contribution in [2.24, 2.45) is 0 Å². The average molecular weight is 247 g/mol. The fraction of sp³-hybridized carbons (Fsp3) is 0.625. The van der Waals surface area contributed by atoms with Crippen molar-refractivity contribution in [1.29, 1.82) is 0 Å². The van der Waals surface area contributed by atoms with Crippen LogP contribution in [0, 0.1) is 5.21 Å². The van der Waals surface area contributed by atoms with Crippen LogP contribution in [0.3, 0.4) is 0 Å². The minimum Gasteiger partial charge on any atom is -0.603 e. The summed E-state index contributed by atoms with van der Waals surface area (Å²) in [4.78, 5) is 12.4. The first-order chi connectivity index (χ1) is 8.04. The minimum absolute atomic E-state index is 0.479. The number of urea groups is 1. The van der Waals surface area contributed by atoms with Gasteiger partial charge in [0.15, 0.2) is 6.23 Å². The summed E-state index contributed by atoms with van der Waals surface area (Å²) in [5, 5.41) is 38.4. The second-order valence-electron chi connectivity index (χ2n) is 3.75. The maximum Gasteiger partial charge on any atom is 0.368 e. The second-order valence-corrected chi connectivity index (χ2v) is 3.75. The molecule has 2 rings (SSSR count). The zero-order valence-corrected chi connectivity index (χ0v) is 8.68. The molecule has 17 heavy (non-hydrogen) atoms. The van der Waals surface area contributed by atoms with E-state index in [9.17, 15) is 20.2 Å². The van der Waals surface area contributed by atoms with Gasteiger partial charge in [0, 0.05) is 0 Å². The molecular formula is C8H13N3O6. The van der Waals surface area contributed by atoms with Crippen molar-refractivity contribution in [1.82, 2.24) is 10.3 Å². The first-order valence-corrected chi connectivity index (χ1v) is 4.98. The van der Waals surface area contributed by atoms with Crippen LogP contribution in [-0.2, 0) is 4.74 Å². The van der Waals surface area contributed by atoms with Crippen LogP contribution in [0.4, 0.5) is 4.79 Å². The Labute approximate surface area is 96.0 Å². The average Bonchev–Trinajstić information content (AvgIpc) is 2.57. The number of carbonyl (C=O) groups is 1. The monoisotopic (exact) mass is 247 g/mol. The van der Waals surface area contributed by atoms with E-state index in [0.29, 0.717) is 0 Å². The Balaban J connectivity index is 2.13. The molecule has 0 bridgehead atoms. The Morgan fingerprint density at radius 1 is 1.53 bits per heavy atom. The van der Waals surface area contributed by atoms with Gasteiger partial charge in [0.1, 0.15) is 24.5 Å². The van der Waals surface area contributed by atoms with Crippen molar-refractivity contribution in [3.63, 3.8) is 0 Å². The van der Waals surface area contributed by atoms with E-state index in [1.54, 1.807) is 0 Å². The van der Waals surface area contributed by atoms with E-state index in [0.717, 1.165) is 17.3 Å². The van der Waals surface area contributed by atoms with E-state index in [1.807, 2.05) is 5.43 Å². The third-order valence-corrected chi connectivity index (χ3v) is 2.64. The summed E-state index contributed by atoms with van der Waals surface area (Å²) in [6.45, 7) is -0.479. The van der Waals surface area contributed by atoms with Crippen molar-refractivity contribution in [3.8, 4) is 0 Å². The van der Waals surface area contributed by atoms with Gasteiger partial charge in [0.2, 0.25) is 0 Å². The number of aliphatic hydroxyl groups is 3. The van der Waals surface area contributed by atoms with Gasteiger partial charge in [-0.2, -0.15) is 5.43 Å². The van der Waals surface area contributed by atoms with Gasteiger partial charge in [-0.1, -0.05) is 0 Å². The summed E-state index contributed by atoms with van der Waals surface area (Å²) in [5.41, 5.74) is 2.00. The fourth-order valence-electron chi connectivity index (χ4n) is 1.74. The lowest BCUT2D eigenvalue weighted by atomic mass is 10.1. The first kappa shape index (κ1) is 12.2. The zero-order valence-electron chi connectivity index (χ0n) is 8.68. The van der Waals surface area contributed by atoms with Gasteiger partial charge >= 0.3 is 6.03 Å². The molecule has 96 valence electrons. The maximum atomic E-state index is 11.4. The number of quaternary nitrogens is 1. The highest BCUT2D eigenvalue weighted by Crippen LogP contribution is 2.24. The largest absolute Gasteiger partial charge is 0.603 e. The number of nitrogens with one attached hydrogen (secondary N) is 2. The number of hydrogen-bond acceptors (Lipinski definition) is 6. The summed E-state index contributed by atoms with van der Waals surface area (Å²) in [6.07, 6.45) is -2.49. The maximum absolute atomic E-state index is 11.4. The summed E-state index contributed by atoms with van der Waals surface area (Å²) in [6, 6.07) is -0.757. The molecule has 0 aliphatic carbocycles. The van der Waals surface area contributed by atoms with E-state index in [-0.39, 0.29) is 0 Å². The molecule has 0 saturated carbocycles. The molecule has 2 amide bonds. The van der Waals surface area contributed by atoms with E-state index in [2.05, 4.69) is 0 Å². The molecule has 5 N–H and O–H groups in total. The molecule has 0 aromatic rings. The molecule has 0 radical (unpaired) electrons. The van der Waals surface area contributed by atoms with Crippen LogP contribution in [0.15, 0.2) is 12.4 Å². The van der Waals surface area contributed by atoms with Gasteiger partial charge in [0.25, 0.3) is 0 Å². The number of amides is 2. The van der Waals surface area contributed by atoms with Crippen LogP contribution < -0.4 is 10.6 Å². The van der Waals surface area contributed by atoms with Crippen molar-refractivity contribution in [3.05, 3.63) is 17.6 Å². The normalized spacial score (nSPS) is 41.8. The Kier molecular flexibility index (Phi) is 3.28. The van der Waals surface area contributed by atoms with Gasteiger partial charge < -0.3 is 25.3 Å². The summed E-state index contributed by atoms with van der Waals surface area (Å²) >= 11 is 0. The predicted molar refractivity (Wildman–Crippen MR) is 51.6 cm³/mol. The smallest absolute Gasteiger partial charge is 0.368 e. The molecule has 9 nitrogen and oxygen atoms in total. The van der Waals surface area contributed by atoms with Crippen LogP contribution in [0.5, 0.6) is 0 Å². The molecule has 0 aromatic heterocycles. The molecule has 0 spiro atoms. The lowest BCUT2D eigenvalue weighted by Gasteiger charge is -2.32.